The van der Waals surface area contributed by atoms with Crippen LogP contribution in [0.15, 0.2) is 23.0 Å². The van der Waals surface area contributed by atoms with Crippen molar-refractivity contribution < 1.29 is 29.0 Å². The monoisotopic (exact) mass is 362 g/mol. The number of rotatable bonds is 1. The van der Waals surface area contributed by atoms with E-state index in [9.17, 15) is 19.8 Å². The van der Waals surface area contributed by atoms with Crippen LogP contribution in [0.1, 0.15) is 58.1 Å². The van der Waals surface area contributed by atoms with Crippen LogP contribution in [-0.2, 0) is 14.3 Å². The van der Waals surface area contributed by atoms with Gasteiger partial charge in [-0.25, -0.2) is 0 Å². The lowest BCUT2D eigenvalue weighted by atomic mass is 9.42. The quantitative estimate of drug-likeness (QED) is 0.745. The van der Waals surface area contributed by atoms with E-state index in [-0.39, 0.29) is 24.1 Å². The first-order chi connectivity index (χ1) is 12.1. The maximum absolute atomic E-state index is 13.2. The first kappa shape index (κ1) is 17.7. The molecular formula is C20H26O6. The lowest BCUT2D eigenvalue weighted by Gasteiger charge is -2.61. The maximum atomic E-state index is 13.2. The van der Waals surface area contributed by atoms with E-state index in [1.165, 1.54) is 6.26 Å². The molecule has 2 saturated carbocycles. The molecule has 1 aliphatic heterocycles. The lowest BCUT2D eigenvalue weighted by molar-refractivity contribution is -0.230. The fraction of sp³-hybridized carbons (Fsp3) is 0.700. The van der Waals surface area contributed by atoms with Gasteiger partial charge in [0, 0.05) is 29.7 Å². The number of carbonyl (C=O) groups is 2. The third-order valence-electron chi connectivity index (χ3n) is 7.79. The minimum absolute atomic E-state index is 0.0529. The Morgan fingerprint density at radius 2 is 1.96 bits per heavy atom. The van der Waals surface area contributed by atoms with Crippen LogP contribution in [0.4, 0.5) is 0 Å². The molecule has 4 rings (SSSR count). The summed E-state index contributed by atoms with van der Waals surface area (Å²) >= 11 is 0. The number of furan rings is 1. The third kappa shape index (κ3) is 2.00. The number of ether oxygens (including phenoxy) is 1. The highest BCUT2D eigenvalue weighted by Gasteiger charge is 2.71. The first-order valence-corrected chi connectivity index (χ1v) is 9.31. The average Bonchev–Trinajstić information content (AvgIpc) is 3.20. The predicted molar refractivity (Wildman–Crippen MR) is 90.8 cm³/mol. The number of aliphatic hydroxyl groups is 2. The molecule has 1 spiro atoms. The number of hydrogen-bond donors (Lipinski definition) is 2. The number of ketones is 1. The number of aliphatic hydroxyl groups excluding tert-OH is 1. The second kappa shape index (κ2) is 5.42. The molecule has 6 heteroatoms. The molecule has 142 valence electrons. The van der Waals surface area contributed by atoms with E-state index in [2.05, 4.69) is 0 Å². The highest BCUT2D eigenvalue weighted by Crippen LogP contribution is 2.66. The van der Waals surface area contributed by atoms with Gasteiger partial charge in [0.2, 0.25) is 0 Å². The minimum atomic E-state index is -1.44. The van der Waals surface area contributed by atoms with Gasteiger partial charge < -0.3 is 19.4 Å². The van der Waals surface area contributed by atoms with Gasteiger partial charge in [0.15, 0.2) is 0 Å². The molecule has 0 unspecified atom stereocenters. The standard InChI is InChI=1S/C20H26O6/c1-11-13(21)8-18(2)15(4-5-16(22)19(18,3)24)20(11)9-14(26-17(20)23)12-6-7-25-10-12/h6-7,10-11,14-16,22,24H,4-5,8-9H2,1-3H3/t11-,14-,15+,16+,18+,19-,20-/m1/s1. The number of esters is 1. The molecule has 26 heavy (non-hydrogen) atoms. The fourth-order valence-corrected chi connectivity index (χ4v) is 5.84. The zero-order chi connectivity index (χ0) is 18.9. The van der Waals surface area contributed by atoms with E-state index in [4.69, 9.17) is 9.15 Å². The Morgan fingerprint density at radius 1 is 1.23 bits per heavy atom. The summed E-state index contributed by atoms with van der Waals surface area (Å²) in [4.78, 5) is 26.1. The Morgan fingerprint density at radius 3 is 2.62 bits per heavy atom. The summed E-state index contributed by atoms with van der Waals surface area (Å²) in [7, 11) is 0. The van der Waals surface area contributed by atoms with E-state index in [1.807, 2.05) is 6.92 Å². The van der Waals surface area contributed by atoms with E-state index in [0.717, 1.165) is 5.56 Å². The number of cyclic esters (lactones) is 1. The zero-order valence-corrected chi connectivity index (χ0v) is 15.4. The van der Waals surface area contributed by atoms with Crippen LogP contribution < -0.4 is 0 Å². The molecule has 2 heterocycles. The predicted octanol–water partition coefficient (Wildman–Crippen LogP) is 2.39. The van der Waals surface area contributed by atoms with Crippen molar-refractivity contribution in [3.8, 4) is 0 Å². The molecule has 1 aromatic rings. The van der Waals surface area contributed by atoms with Gasteiger partial charge in [-0.3, -0.25) is 9.59 Å². The van der Waals surface area contributed by atoms with Crippen molar-refractivity contribution in [3.63, 3.8) is 0 Å². The van der Waals surface area contributed by atoms with Crippen LogP contribution in [0, 0.1) is 22.7 Å². The van der Waals surface area contributed by atoms with Crippen LogP contribution in [0.3, 0.4) is 0 Å². The van der Waals surface area contributed by atoms with Gasteiger partial charge in [0.1, 0.15) is 11.9 Å². The third-order valence-corrected chi connectivity index (χ3v) is 7.79. The first-order valence-electron chi connectivity index (χ1n) is 9.31. The Kier molecular flexibility index (Phi) is 3.70. The Bertz CT molecular complexity index is 737. The van der Waals surface area contributed by atoms with Crippen LogP contribution >= 0.6 is 0 Å². The molecule has 3 aliphatic rings. The molecule has 1 saturated heterocycles. The summed E-state index contributed by atoms with van der Waals surface area (Å²) in [6.45, 7) is 5.24. The van der Waals surface area contributed by atoms with Gasteiger partial charge in [0.05, 0.1) is 29.6 Å². The second-order valence-electron chi connectivity index (χ2n) is 8.77. The molecule has 3 fully saturated rings. The molecule has 0 radical (unpaired) electrons. The molecule has 2 aliphatic carbocycles. The summed E-state index contributed by atoms with van der Waals surface area (Å²) in [5, 5.41) is 21.5. The summed E-state index contributed by atoms with van der Waals surface area (Å²) in [5.74, 6) is -1.13. The van der Waals surface area contributed by atoms with E-state index >= 15 is 0 Å². The van der Waals surface area contributed by atoms with Gasteiger partial charge in [0.25, 0.3) is 0 Å². The molecule has 0 amide bonds. The number of Topliss-reactive ketones (excluding diaryl/α,β-unsaturated/α-hetero) is 1. The van der Waals surface area contributed by atoms with Crippen molar-refractivity contribution >= 4 is 11.8 Å². The minimum Gasteiger partial charge on any atom is -0.472 e. The Labute approximate surface area is 152 Å². The summed E-state index contributed by atoms with van der Waals surface area (Å²) < 4.78 is 10.8. The topological polar surface area (TPSA) is 97.0 Å². The molecule has 0 aromatic carbocycles. The smallest absolute Gasteiger partial charge is 0.313 e. The van der Waals surface area contributed by atoms with Gasteiger partial charge in [-0.15, -0.1) is 0 Å². The zero-order valence-electron chi connectivity index (χ0n) is 15.4. The molecule has 6 nitrogen and oxygen atoms in total. The number of fused-ring (bicyclic) bond motifs is 2. The van der Waals surface area contributed by atoms with E-state index in [1.54, 1.807) is 26.2 Å². The van der Waals surface area contributed by atoms with Crippen molar-refractivity contribution in [1.82, 2.24) is 0 Å². The second-order valence-corrected chi connectivity index (χ2v) is 8.77. The summed E-state index contributed by atoms with van der Waals surface area (Å²) in [6.07, 6.45) is 3.28. The van der Waals surface area contributed by atoms with E-state index < -0.39 is 34.6 Å². The maximum Gasteiger partial charge on any atom is 0.313 e. The van der Waals surface area contributed by atoms with Crippen molar-refractivity contribution in [1.29, 1.82) is 0 Å². The van der Waals surface area contributed by atoms with Gasteiger partial charge in [-0.1, -0.05) is 13.8 Å². The average molecular weight is 362 g/mol. The van der Waals surface area contributed by atoms with Crippen LogP contribution in [0.2, 0.25) is 0 Å². The molecule has 0 bridgehead atoms. The SMILES string of the molecule is C[C@@H]1C(=O)C[C@@]2(C)[C@H](CC[C@H](O)[C@@]2(C)O)[C@@]12C[C@H](c1ccoc1)OC2=O. The van der Waals surface area contributed by atoms with Gasteiger partial charge in [-0.2, -0.15) is 0 Å². The summed E-state index contributed by atoms with van der Waals surface area (Å²) in [5.41, 5.74) is -2.51. The Hall–Kier alpha value is -1.66. The van der Waals surface area contributed by atoms with Crippen LogP contribution in [0.25, 0.3) is 0 Å². The molecule has 1 aromatic heterocycles. The number of hydrogen-bond acceptors (Lipinski definition) is 6. The molecule has 7 atom stereocenters. The van der Waals surface area contributed by atoms with Crippen molar-refractivity contribution in [3.05, 3.63) is 24.2 Å². The summed E-state index contributed by atoms with van der Waals surface area (Å²) in [6, 6.07) is 1.77. The van der Waals surface area contributed by atoms with Crippen molar-refractivity contribution in [2.24, 2.45) is 22.7 Å². The van der Waals surface area contributed by atoms with Crippen LogP contribution in [0.5, 0.6) is 0 Å². The van der Waals surface area contributed by atoms with Crippen molar-refractivity contribution in [2.75, 3.05) is 0 Å². The van der Waals surface area contributed by atoms with Crippen molar-refractivity contribution in [2.45, 2.75) is 64.3 Å². The molecular weight excluding hydrogens is 336 g/mol. The largest absolute Gasteiger partial charge is 0.472 e. The molecule has 2 N–H and O–H groups in total. The van der Waals surface area contributed by atoms with Crippen LogP contribution in [-0.4, -0.2) is 33.7 Å². The van der Waals surface area contributed by atoms with E-state index in [0.29, 0.717) is 19.3 Å². The Balaban J connectivity index is 1.82. The normalized spacial score (nSPS) is 48.5. The lowest BCUT2D eigenvalue weighted by Crippen LogP contribution is -2.68. The van der Waals surface area contributed by atoms with Gasteiger partial charge >= 0.3 is 5.97 Å². The fourth-order valence-electron chi connectivity index (χ4n) is 5.84. The highest BCUT2D eigenvalue weighted by atomic mass is 16.6. The van der Waals surface area contributed by atoms with Gasteiger partial charge in [-0.05, 0) is 31.7 Å². The number of carbonyl (C=O) groups excluding carboxylic acids is 2. The highest BCUT2D eigenvalue weighted by molar-refractivity contribution is 5.92.